The van der Waals surface area contributed by atoms with Gasteiger partial charge in [-0.2, -0.15) is 0 Å². The molecular weight excluding hydrogens is 404 g/mol. The number of nitrogens with zero attached hydrogens (tertiary/aromatic N) is 2. The highest BCUT2D eigenvalue weighted by atomic mass is 32.1. The summed E-state index contributed by atoms with van der Waals surface area (Å²) in [7, 11) is 0. The van der Waals surface area contributed by atoms with Crippen molar-refractivity contribution >= 4 is 49.6 Å². The van der Waals surface area contributed by atoms with Gasteiger partial charge < -0.3 is 10.1 Å². The Morgan fingerprint density at radius 1 is 1.07 bits per heavy atom. The fraction of sp³-hybridized carbons (Fsp3) is 0.190. The second-order valence-electron chi connectivity index (χ2n) is 6.22. The highest BCUT2D eigenvalue weighted by Gasteiger charge is 2.18. The predicted octanol–water partition coefficient (Wildman–Crippen LogP) is 5.06. The van der Waals surface area contributed by atoms with Crippen LogP contribution in [0.2, 0.25) is 0 Å². The number of hydrogen-bond acceptors (Lipinski definition) is 7. The lowest BCUT2D eigenvalue weighted by atomic mass is 10.0. The summed E-state index contributed by atoms with van der Waals surface area (Å²) >= 11 is 3.05. The topological polar surface area (TPSA) is 76.1 Å². The van der Waals surface area contributed by atoms with Gasteiger partial charge in [0.25, 0.3) is 5.91 Å². The lowest BCUT2D eigenvalue weighted by Gasteiger charge is -2.12. The van der Waals surface area contributed by atoms with Gasteiger partial charge in [0.05, 0.1) is 12.2 Å². The Labute approximate surface area is 176 Å². The summed E-state index contributed by atoms with van der Waals surface area (Å²) in [6.45, 7) is 3.15. The molecule has 8 heteroatoms. The van der Waals surface area contributed by atoms with Crippen molar-refractivity contribution in [3.05, 3.63) is 64.4 Å². The summed E-state index contributed by atoms with van der Waals surface area (Å²) in [6, 6.07) is 15.7. The number of ether oxygens (including phenoxy) is 1. The maximum absolute atomic E-state index is 13.0. The van der Waals surface area contributed by atoms with Crippen molar-refractivity contribution in [3.8, 4) is 5.75 Å². The molecule has 2 N–H and O–H groups in total. The van der Waals surface area contributed by atoms with E-state index in [9.17, 15) is 4.79 Å². The average molecular weight is 425 g/mol. The molecular formula is C21H20N4O2S2. The minimum Gasteiger partial charge on any atom is -0.493 e. The Balaban J connectivity index is 1.48. The first-order valence-electron chi connectivity index (χ1n) is 9.30. The highest BCUT2D eigenvalue weighted by Crippen LogP contribution is 2.30. The van der Waals surface area contributed by atoms with Crippen molar-refractivity contribution in [2.75, 3.05) is 23.8 Å². The molecule has 1 amide bonds. The van der Waals surface area contributed by atoms with E-state index in [4.69, 9.17) is 4.74 Å². The number of carbonyl (C=O) groups is 1. The van der Waals surface area contributed by atoms with Crippen molar-refractivity contribution in [2.24, 2.45) is 0 Å². The number of aromatic nitrogens is 2. The fourth-order valence-electron chi connectivity index (χ4n) is 3.01. The molecule has 0 unspecified atom stereocenters. The summed E-state index contributed by atoms with van der Waals surface area (Å²) in [4.78, 5) is 14.3. The maximum Gasteiger partial charge on any atom is 0.261 e. The van der Waals surface area contributed by atoms with Gasteiger partial charge in [0.15, 0.2) is 0 Å². The molecule has 0 saturated carbocycles. The van der Waals surface area contributed by atoms with Gasteiger partial charge in [-0.15, -0.1) is 21.5 Å². The minimum atomic E-state index is -0.258. The molecule has 2 aromatic carbocycles. The highest BCUT2D eigenvalue weighted by molar-refractivity contribution is 7.19. The zero-order chi connectivity index (χ0) is 20.1. The van der Waals surface area contributed by atoms with Crippen LogP contribution in [0.25, 0.3) is 10.8 Å². The number of nitrogens with one attached hydrogen (secondary N) is 2. The molecule has 6 nitrogen and oxygen atoms in total. The Morgan fingerprint density at radius 2 is 1.93 bits per heavy atom. The van der Waals surface area contributed by atoms with Crippen LogP contribution in [0.4, 0.5) is 10.3 Å². The van der Waals surface area contributed by atoms with E-state index in [-0.39, 0.29) is 5.91 Å². The molecule has 0 radical (unpaired) electrons. The number of rotatable bonds is 8. The Bertz CT molecular complexity index is 1110. The van der Waals surface area contributed by atoms with Crippen LogP contribution >= 0.6 is 22.7 Å². The molecule has 0 fully saturated rings. The normalized spacial score (nSPS) is 10.8. The first-order chi connectivity index (χ1) is 14.2. The molecule has 4 rings (SSSR count). The predicted molar refractivity (Wildman–Crippen MR) is 119 cm³/mol. The minimum absolute atomic E-state index is 0.258. The third-order valence-corrected chi connectivity index (χ3v) is 6.02. The van der Waals surface area contributed by atoms with Gasteiger partial charge in [0.2, 0.25) is 10.3 Å². The lowest BCUT2D eigenvalue weighted by Crippen LogP contribution is -2.14. The van der Waals surface area contributed by atoms with Crippen molar-refractivity contribution in [1.82, 2.24) is 10.2 Å². The van der Waals surface area contributed by atoms with E-state index in [1.54, 1.807) is 11.3 Å². The zero-order valence-electron chi connectivity index (χ0n) is 15.8. The molecule has 4 aromatic rings. The van der Waals surface area contributed by atoms with Gasteiger partial charge in [-0.3, -0.25) is 10.1 Å². The SMILES string of the molecule is CCOc1ccc2ccccc2c1C(=O)Nc1nnc(NCCc2cccs2)s1. The van der Waals surface area contributed by atoms with Crippen LogP contribution in [-0.2, 0) is 6.42 Å². The number of thiophene rings is 1. The van der Waals surface area contributed by atoms with Gasteiger partial charge in [-0.1, -0.05) is 47.7 Å². The summed E-state index contributed by atoms with van der Waals surface area (Å²) in [6.07, 6.45) is 0.923. The molecule has 0 saturated heterocycles. The van der Waals surface area contributed by atoms with Crippen LogP contribution in [0.15, 0.2) is 53.9 Å². The maximum atomic E-state index is 13.0. The van der Waals surface area contributed by atoms with Crippen LogP contribution in [0.3, 0.4) is 0 Å². The summed E-state index contributed by atoms with van der Waals surface area (Å²) in [5.74, 6) is 0.300. The van der Waals surface area contributed by atoms with E-state index in [1.165, 1.54) is 16.2 Å². The van der Waals surface area contributed by atoms with E-state index in [2.05, 4.69) is 32.3 Å². The van der Waals surface area contributed by atoms with E-state index in [0.29, 0.717) is 28.2 Å². The van der Waals surface area contributed by atoms with Gasteiger partial charge in [-0.25, -0.2) is 0 Å². The zero-order valence-corrected chi connectivity index (χ0v) is 17.5. The van der Waals surface area contributed by atoms with Gasteiger partial charge in [0.1, 0.15) is 5.75 Å². The first kappa shape index (κ1) is 19.4. The Hall–Kier alpha value is -2.97. The standard InChI is InChI=1S/C21H20N4O2S2/c1-2-27-17-10-9-14-6-3-4-8-16(14)18(17)19(26)23-21-25-24-20(29-21)22-12-11-15-7-5-13-28-15/h3-10,13H,2,11-12H2,1H3,(H,22,24)(H,23,25,26). The molecule has 29 heavy (non-hydrogen) atoms. The van der Waals surface area contributed by atoms with Crippen LogP contribution in [0.1, 0.15) is 22.2 Å². The average Bonchev–Trinajstić information content (AvgIpc) is 3.40. The van der Waals surface area contributed by atoms with E-state index in [0.717, 1.165) is 23.7 Å². The number of hydrogen-bond donors (Lipinski definition) is 2. The number of anilines is 2. The summed E-state index contributed by atoms with van der Waals surface area (Å²) in [5, 5.41) is 19.3. The Morgan fingerprint density at radius 3 is 2.76 bits per heavy atom. The van der Waals surface area contributed by atoms with Crippen molar-refractivity contribution in [2.45, 2.75) is 13.3 Å². The van der Waals surface area contributed by atoms with Crippen LogP contribution in [0.5, 0.6) is 5.75 Å². The van der Waals surface area contributed by atoms with E-state index in [1.807, 2.05) is 49.4 Å². The smallest absolute Gasteiger partial charge is 0.261 e. The molecule has 0 bridgehead atoms. The molecule has 0 aliphatic carbocycles. The summed E-state index contributed by atoms with van der Waals surface area (Å²) < 4.78 is 5.69. The van der Waals surface area contributed by atoms with E-state index < -0.39 is 0 Å². The molecule has 2 aromatic heterocycles. The van der Waals surface area contributed by atoms with Crippen LogP contribution in [0, 0.1) is 0 Å². The molecule has 0 aliphatic rings. The quantitative estimate of drug-likeness (QED) is 0.414. The lowest BCUT2D eigenvalue weighted by molar-refractivity contribution is 0.102. The van der Waals surface area contributed by atoms with Gasteiger partial charge in [-0.05, 0) is 41.6 Å². The number of fused-ring (bicyclic) bond motifs is 1. The third-order valence-electron chi connectivity index (χ3n) is 4.29. The molecule has 0 atom stereocenters. The van der Waals surface area contributed by atoms with Gasteiger partial charge in [0, 0.05) is 11.4 Å². The fourth-order valence-corrected chi connectivity index (χ4v) is 4.39. The molecule has 2 heterocycles. The second kappa shape index (κ2) is 9.02. The molecule has 0 aliphatic heterocycles. The van der Waals surface area contributed by atoms with Crippen LogP contribution in [-0.4, -0.2) is 29.3 Å². The number of carbonyl (C=O) groups excluding carboxylic acids is 1. The summed E-state index contributed by atoms with van der Waals surface area (Å²) in [5.41, 5.74) is 0.507. The Kier molecular flexibility index (Phi) is 6.02. The number of amides is 1. The monoisotopic (exact) mass is 424 g/mol. The number of benzene rings is 2. The van der Waals surface area contributed by atoms with Crippen molar-refractivity contribution in [1.29, 1.82) is 0 Å². The second-order valence-corrected chi connectivity index (χ2v) is 8.23. The van der Waals surface area contributed by atoms with Crippen molar-refractivity contribution < 1.29 is 9.53 Å². The first-order valence-corrected chi connectivity index (χ1v) is 11.0. The molecule has 0 spiro atoms. The molecule has 148 valence electrons. The van der Waals surface area contributed by atoms with Crippen LogP contribution < -0.4 is 15.4 Å². The van der Waals surface area contributed by atoms with Gasteiger partial charge >= 0.3 is 0 Å². The largest absolute Gasteiger partial charge is 0.493 e. The third kappa shape index (κ3) is 4.55. The van der Waals surface area contributed by atoms with E-state index >= 15 is 0 Å². The van der Waals surface area contributed by atoms with Crippen molar-refractivity contribution in [3.63, 3.8) is 0 Å².